The Labute approximate surface area is 118 Å². The molecule has 19 heavy (non-hydrogen) atoms. The first-order valence-corrected chi connectivity index (χ1v) is 6.41. The van der Waals surface area contributed by atoms with E-state index in [1.165, 1.54) is 0 Å². The van der Waals surface area contributed by atoms with E-state index in [-0.39, 0.29) is 0 Å². The fourth-order valence-corrected chi connectivity index (χ4v) is 1.85. The summed E-state index contributed by atoms with van der Waals surface area (Å²) in [7, 11) is 1.66. The monoisotopic (exact) mass is 270 g/mol. The standard InChI is InChI=1S/C17H15ClO/c1-19-16-12-10-14(11-13-16)6-5-9-17(18)15-7-3-2-4-8-15/h2-13H,1H3/b6-5+,17-9-. The van der Waals surface area contributed by atoms with Crippen LogP contribution in [0.2, 0.25) is 0 Å². The van der Waals surface area contributed by atoms with Crippen LogP contribution in [0.25, 0.3) is 11.1 Å². The van der Waals surface area contributed by atoms with E-state index in [9.17, 15) is 0 Å². The Balaban J connectivity index is 2.06. The van der Waals surface area contributed by atoms with Crippen LogP contribution < -0.4 is 4.74 Å². The van der Waals surface area contributed by atoms with Gasteiger partial charge in [-0.05, 0) is 29.3 Å². The molecular weight excluding hydrogens is 256 g/mol. The number of rotatable bonds is 4. The minimum atomic E-state index is 0.727. The van der Waals surface area contributed by atoms with Crippen LogP contribution in [-0.4, -0.2) is 7.11 Å². The molecule has 0 bridgehead atoms. The summed E-state index contributed by atoms with van der Waals surface area (Å²) in [5.41, 5.74) is 2.12. The number of hydrogen-bond acceptors (Lipinski definition) is 1. The van der Waals surface area contributed by atoms with Gasteiger partial charge >= 0.3 is 0 Å². The lowest BCUT2D eigenvalue weighted by Crippen LogP contribution is -1.81. The number of benzene rings is 2. The quantitative estimate of drug-likeness (QED) is 0.711. The van der Waals surface area contributed by atoms with Gasteiger partial charge in [0.05, 0.1) is 7.11 Å². The van der Waals surface area contributed by atoms with E-state index in [0.717, 1.165) is 21.9 Å². The van der Waals surface area contributed by atoms with E-state index in [0.29, 0.717) is 0 Å². The lowest BCUT2D eigenvalue weighted by molar-refractivity contribution is 0.415. The summed E-state index contributed by atoms with van der Waals surface area (Å²) in [6.07, 6.45) is 5.84. The van der Waals surface area contributed by atoms with Crippen molar-refractivity contribution >= 4 is 22.7 Å². The predicted octanol–water partition coefficient (Wildman–Crippen LogP) is 4.99. The highest BCUT2D eigenvalue weighted by Gasteiger charge is 1.94. The molecule has 0 aliphatic heterocycles. The van der Waals surface area contributed by atoms with Crippen molar-refractivity contribution in [1.29, 1.82) is 0 Å². The summed E-state index contributed by atoms with van der Waals surface area (Å²) < 4.78 is 5.11. The number of allylic oxidation sites excluding steroid dienone is 2. The molecule has 2 aromatic rings. The smallest absolute Gasteiger partial charge is 0.118 e. The zero-order valence-electron chi connectivity index (χ0n) is 10.7. The third kappa shape index (κ3) is 4.01. The van der Waals surface area contributed by atoms with Gasteiger partial charge in [-0.1, -0.05) is 66.2 Å². The molecule has 0 aliphatic rings. The Morgan fingerprint density at radius 2 is 1.68 bits per heavy atom. The topological polar surface area (TPSA) is 9.23 Å². The van der Waals surface area contributed by atoms with Gasteiger partial charge in [-0.2, -0.15) is 0 Å². The van der Waals surface area contributed by atoms with Gasteiger partial charge in [0, 0.05) is 5.03 Å². The molecular formula is C17H15ClO. The van der Waals surface area contributed by atoms with Gasteiger partial charge in [-0.25, -0.2) is 0 Å². The van der Waals surface area contributed by atoms with Crippen molar-refractivity contribution in [3.8, 4) is 5.75 Å². The van der Waals surface area contributed by atoms with Crippen LogP contribution >= 0.6 is 11.6 Å². The van der Waals surface area contributed by atoms with Gasteiger partial charge < -0.3 is 4.74 Å². The summed E-state index contributed by atoms with van der Waals surface area (Å²) in [4.78, 5) is 0. The Morgan fingerprint density at radius 1 is 1.00 bits per heavy atom. The molecule has 2 heteroatoms. The highest BCUT2D eigenvalue weighted by molar-refractivity contribution is 6.48. The number of ether oxygens (including phenoxy) is 1. The van der Waals surface area contributed by atoms with Crippen LogP contribution in [-0.2, 0) is 0 Å². The zero-order valence-corrected chi connectivity index (χ0v) is 11.5. The Hall–Kier alpha value is -1.99. The van der Waals surface area contributed by atoms with Crippen LogP contribution in [0.1, 0.15) is 11.1 Å². The highest BCUT2D eigenvalue weighted by Crippen LogP contribution is 2.18. The SMILES string of the molecule is COc1ccc(/C=C/C=C(\Cl)c2ccccc2)cc1. The second-order valence-electron chi connectivity index (χ2n) is 4.01. The lowest BCUT2D eigenvalue weighted by Gasteiger charge is -1.99. The average molecular weight is 271 g/mol. The van der Waals surface area contributed by atoms with Gasteiger partial charge in [0.15, 0.2) is 0 Å². The molecule has 0 aromatic heterocycles. The van der Waals surface area contributed by atoms with Crippen LogP contribution in [0.5, 0.6) is 5.75 Å². The summed E-state index contributed by atoms with van der Waals surface area (Å²) in [5, 5.41) is 0.727. The zero-order chi connectivity index (χ0) is 13.5. The van der Waals surface area contributed by atoms with Crippen molar-refractivity contribution < 1.29 is 4.74 Å². The number of methoxy groups -OCH3 is 1. The van der Waals surface area contributed by atoms with E-state index in [2.05, 4.69) is 0 Å². The molecule has 0 amide bonds. The Bertz CT molecular complexity index is 568. The van der Waals surface area contributed by atoms with Crippen molar-refractivity contribution in [1.82, 2.24) is 0 Å². The third-order valence-corrected chi connectivity index (χ3v) is 3.04. The molecule has 2 rings (SSSR count). The van der Waals surface area contributed by atoms with Gasteiger partial charge in [0.2, 0.25) is 0 Å². The molecule has 1 nitrogen and oxygen atoms in total. The molecule has 0 unspecified atom stereocenters. The van der Waals surface area contributed by atoms with Crippen molar-refractivity contribution in [2.45, 2.75) is 0 Å². The van der Waals surface area contributed by atoms with Crippen LogP contribution in [0, 0.1) is 0 Å². The molecule has 0 saturated heterocycles. The van der Waals surface area contributed by atoms with Crippen LogP contribution in [0.3, 0.4) is 0 Å². The summed E-state index contributed by atoms with van der Waals surface area (Å²) in [6.45, 7) is 0. The molecule has 0 spiro atoms. The van der Waals surface area contributed by atoms with E-state index >= 15 is 0 Å². The van der Waals surface area contributed by atoms with Gasteiger partial charge in [-0.3, -0.25) is 0 Å². The van der Waals surface area contributed by atoms with E-state index < -0.39 is 0 Å². The Morgan fingerprint density at radius 3 is 2.32 bits per heavy atom. The molecule has 96 valence electrons. The number of hydrogen-bond donors (Lipinski definition) is 0. The molecule has 0 fully saturated rings. The van der Waals surface area contributed by atoms with Crippen molar-refractivity contribution in [3.63, 3.8) is 0 Å². The van der Waals surface area contributed by atoms with E-state index in [1.54, 1.807) is 7.11 Å². The minimum absolute atomic E-state index is 0.727. The van der Waals surface area contributed by atoms with Crippen molar-refractivity contribution in [2.24, 2.45) is 0 Å². The van der Waals surface area contributed by atoms with Gasteiger partial charge in [-0.15, -0.1) is 0 Å². The molecule has 0 atom stereocenters. The van der Waals surface area contributed by atoms with Crippen molar-refractivity contribution in [2.75, 3.05) is 7.11 Å². The molecule has 0 aliphatic carbocycles. The van der Waals surface area contributed by atoms with Crippen LogP contribution in [0.15, 0.2) is 66.7 Å². The summed E-state index contributed by atoms with van der Waals surface area (Å²) in [6, 6.07) is 17.8. The first-order valence-electron chi connectivity index (χ1n) is 6.03. The molecule has 0 saturated carbocycles. The molecule has 2 aromatic carbocycles. The first-order chi connectivity index (χ1) is 9.29. The van der Waals surface area contributed by atoms with Gasteiger partial charge in [0.25, 0.3) is 0 Å². The summed E-state index contributed by atoms with van der Waals surface area (Å²) in [5.74, 6) is 0.856. The fourth-order valence-electron chi connectivity index (χ4n) is 1.65. The Kier molecular flexibility index (Phi) is 4.82. The second kappa shape index (κ2) is 6.81. The maximum Gasteiger partial charge on any atom is 0.118 e. The predicted molar refractivity (Wildman–Crippen MR) is 82.3 cm³/mol. The lowest BCUT2D eigenvalue weighted by atomic mass is 10.2. The number of halogens is 1. The maximum absolute atomic E-state index is 6.21. The normalized spacial score (nSPS) is 11.8. The molecule has 0 N–H and O–H groups in total. The van der Waals surface area contributed by atoms with Crippen LogP contribution in [0.4, 0.5) is 0 Å². The second-order valence-corrected chi connectivity index (χ2v) is 4.42. The first kappa shape index (κ1) is 13.4. The highest BCUT2D eigenvalue weighted by atomic mass is 35.5. The maximum atomic E-state index is 6.21. The third-order valence-electron chi connectivity index (χ3n) is 2.70. The van der Waals surface area contributed by atoms with Crippen molar-refractivity contribution in [3.05, 3.63) is 77.9 Å². The van der Waals surface area contributed by atoms with E-state index in [4.69, 9.17) is 16.3 Å². The fraction of sp³-hybridized carbons (Fsp3) is 0.0588. The van der Waals surface area contributed by atoms with Gasteiger partial charge in [0.1, 0.15) is 5.75 Å². The minimum Gasteiger partial charge on any atom is -0.497 e. The molecule has 0 radical (unpaired) electrons. The molecule has 0 heterocycles. The average Bonchev–Trinajstić information content (AvgIpc) is 2.49. The summed E-state index contributed by atoms with van der Waals surface area (Å²) >= 11 is 6.21. The largest absolute Gasteiger partial charge is 0.497 e. The van der Waals surface area contributed by atoms with E-state index in [1.807, 2.05) is 72.8 Å².